The van der Waals surface area contributed by atoms with Crippen LogP contribution in [0.2, 0.25) is 0 Å². The van der Waals surface area contributed by atoms with Crippen LogP contribution in [0.1, 0.15) is 40.9 Å². The summed E-state index contributed by atoms with van der Waals surface area (Å²) in [5, 5.41) is 9.38. The number of carbonyl (C=O) groups is 1. The Morgan fingerprint density at radius 2 is 1.91 bits per heavy atom. The number of carbonyl (C=O) groups excluding carboxylic acids is 1. The summed E-state index contributed by atoms with van der Waals surface area (Å²) in [6.07, 6.45) is -4.20. The molecule has 2 heterocycles. The average Bonchev–Trinajstić information content (AvgIpc) is 2.87. The molecule has 1 N–H and O–H groups in total. The van der Waals surface area contributed by atoms with Crippen LogP contribution in [0.25, 0.3) is 0 Å². The van der Waals surface area contributed by atoms with Crippen molar-refractivity contribution in [3.05, 3.63) is 41.1 Å². The Morgan fingerprint density at radius 1 is 1.19 bits per heavy atom. The molecular formula is C20H21F5N4O2S. The molecule has 1 atom stereocenters. The zero-order valence-electron chi connectivity index (χ0n) is 17.3. The van der Waals surface area contributed by atoms with Crippen molar-refractivity contribution < 1.29 is 31.0 Å². The second kappa shape index (κ2) is 9.08. The summed E-state index contributed by atoms with van der Waals surface area (Å²) in [5.41, 5.74) is -1.94. The third-order valence-electron chi connectivity index (χ3n) is 5.14. The number of anilines is 2. The van der Waals surface area contributed by atoms with Crippen molar-refractivity contribution >= 4 is 28.2 Å². The van der Waals surface area contributed by atoms with Crippen LogP contribution in [0.4, 0.5) is 33.5 Å². The number of benzene rings is 1. The molecule has 1 fully saturated rings. The van der Waals surface area contributed by atoms with Crippen molar-refractivity contribution in [3.8, 4) is 0 Å². The van der Waals surface area contributed by atoms with E-state index >= 15 is 0 Å². The van der Waals surface area contributed by atoms with E-state index in [1.54, 1.807) is 12.1 Å². The molecule has 1 saturated heterocycles. The first-order chi connectivity index (χ1) is 14.9. The van der Waals surface area contributed by atoms with E-state index in [0.29, 0.717) is 4.90 Å². The van der Waals surface area contributed by atoms with Gasteiger partial charge in [-0.25, -0.2) is 8.78 Å². The Morgan fingerprint density at radius 3 is 2.56 bits per heavy atom. The van der Waals surface area contributed by atoms with Crippen molar-refractivity contribution in [3.63, 3.8) is 0 Å². The van der Waals surface area contributed by atoms with Crippen molar-refractivity contribution in [1.82, 2.24) is 10.2 Å². The van der Waals surface area contributed by atoms with Crippen molar-refractivity contribution in [2.24, 2.45) is 0 Å². The first-order valence-electron chi connectivity index (χ1n) is 9.71. The summed E-state index contributed by atoms with van der Waals surface area (Å²) < 4.78 is 79.5. The number of rotatable bonds is 4. The molecule has 6 nitrogen and oxygen atoms in total. The van der Waals surface area contributed by atoms with Crippen LogP contribution in [-0.2, 0) is 17.0 Å². The van der Waals surface area contributed by atoms with Crippen LogP contribution in [0, 0.1) is 6.92 Å². The van der Waals surface area contributed by atoms with Crippen LogP contribution in [0.15, 0.2) is 29.2 Å². The van der Waals surface area contributed by atoms with E-state index in [0.717, 1.165) is 6.92 Å². The van der Waals surface area contributed by atoms with E-state index < -0.39 is 46.5 Å². The number of aromatic nitrogens is 2. The average molecular weight is 476 g/mol. The van der Waals surface area contributed by atoms with Crippen molar-refractivity contribution in [2.45, 2.75) is 43.2 Å². The first-order valence-corrected chi connectivity index (χ1v) is 11.3. The molecule has 1 aliphatic rings. The number of alkyl halides is 5. The second-order valence-electron chi connectivity index (χ2n) is 7.50. The van der Waals surface area contributed by atoms with Gasteiger partial charge in [0, 0.05) is 53.6 Å². The number of halogens is 5. The second-order valence-corrected chi connectivity index (χ2v) is 8.88. The lowest BCUT2D eigenvalue weighted by molar-refractivity contribution is -0.142. The molecule has 1 unspecified atom stereocenters. The van der Waals surface area contributed by atoms with Gasteiger partial charge in [0.1, 0.15) is 0 Å². The Labute approximate surface area is 183 Å². The lowest BCUT2D eigenvalue weighted by Crippen LogP contribution is -2.31. The SMILES string of the molecule is Cc1c(C(F)(F)F)nnc(N2CCCC(F)(F)CC2)c1C(=O)Nc1cccc(S(C)=O)c1. The number of hydrogen-bond acceptors (Lipinski definition) is 5. The Balaban J connectivity index is 2.04. The molecule has 1 aromatic carbocycles. The summed E-state index contributed by atoms with van der Waals surface area (Å²) in [4.78, 5) is 14.9. The highest BCUT2D eigenvalue weighted by atomic mass is 32.2. The summed E-state index contributed by atoms with van der Waals surface area (Å²) in [7, 11) is -1.34. The monoisotopic (exact) mass is 476 g/mol. The van der Waals surface area contributed by atoms with Crippen LogP contribution in [0.3, 0.4) is 0 Å². The third-order valence-corrected chi connectivity index (χ3v) is 6.05. The maximum Gasteiger partial charge on any atom is 0.435 e. The maximum atomic E-state index is 13.8. The highest BCUT2D eigenvalue weighted by Gasteiger charge is 2.39. The molecule has 0 radical (unpaired) electrons. The van der Waals surface area contributed by atoms with Gasteiger partial charge in [0.25, 0.3) is 5.91 Å². The molecule has 3 rings (SSSR count). The highest BCUT2D eigenvalue weighted by Crippen LogP contribution is 2.36. The topological polar surface area (TPSA) is 75.2 Å². The van der Waals surface area contributed by atoms with Crippen LogP contribution in [-0.4, -0.2) is 45.6 Å². The van der Waals surface area contributed by atoms with E-state index in [4.69, 9.17) is 0 Å². The van der Waals surface area contributed by atoms with Gasteiger partial charge in [-0.05, 0) is 37.1 Å². The molecule has 0 aliphatic carbocycles. The number of hydrogen-bond donors (Lipinski definition) is 1. The predicted molar refractivity (Wildman–Crippen MR) is 110 cm³/mol. The van der Waals surface area contributed by atoms with Crippen molar-refractivity contribution in [2.75, 3.05) is 29.6 Å². The Hall–Kier alpha value is -2.63. The first kappa shape index (κ1) is 24.0. The van der Waals surface area contributed by atoms with Crippen LogP contribution in [0.5, 0.6) is 0 Å². The molecule has 2 aromatic rings. The molecule has 174 valence electrons. The van der Waals surface area contributed by atoms with Gasteiger partial charge in [-0.2, -0.15) is 13.2 Å². The molecule has 1 aromatic heterocycles. The smallest absolute Gasteiger partial charge is 0.354 e. The minimum Gasteiger partial charge on any atom is -0.354 e. The number of nitrogens with one attached hydrogen (secondary N) is 1. The standard InChI is InChI=1S/C20H21F5N4O2S/c1-12-15(18(30)26-13-5-3-6-14(11-13)32(2)31)17(28-27-16(12)20(23,24)25)29-9-4-7-19(21,22)8-10-29/h3,5-6,11H,4,7-10H2,1-2H3,(H,26,30). The van der Waals surface area contributed by atoms with Crippen LogP contribution < -0.4 is 10.2 Å². The normalized spacial score (nSPS) is 17.5. The van der Waals surface area contributed by atoms with Crippen molar-refractivity contribution in [1.29, 1.82) is 0 Å². The Kier molecular flexibility index (Phi) is 6.82. The number of amides is 1. The van der Waals surface area contributed by atoms with Gasteiger partial charge >= 0.3 is 6.18 Å². The van der Waals surface area contributed by atoms with E-state index in [9.17, 15) is 31.0 Å². The largest absolute Gasteiger partial charge is 0.435 e. The van der Waals surface area contributed by atoms with Crippen LogP contribution >= 0.6 is 0 Å². The summed E-state index contributed by atoms with van der Waals surface area (Å²) in [5.74, 6) is -3.98. The van der Waals surface area contributed by atoms with Gasteiger partial charge in [-0.1, -0.05) is 6.07 Å². The van der Waals surface area contributed by atoms with Gasteiger partial charge < -0.3 is 10.2 Å². The quantitative estimate of drug-likeness (QED) is 0.662. The summed E-state index contributed by atoms with van der Waals surface area (Å²) >= 11 is 0. The van der Waals surface area contributed by atoms with E-state index in [1.165, 1.54) is 23.3 Å². The molecule has 12 heteroatoms. The minimum absolute atomic E-state index is 0.0835. The molecule has 1 amide bonds. The van der Waals surface area contributed by atoms with E-state index in [-0.39, 0.29) is 43.0 Å². The zero-order valence-corrected chi connectivity index (χ0v) is 18.1. The van der Waals surface area contributed by atoms with Gasteiger partial charge in [0.2, 0.25) is 5.92 Å². The van der Waals surface area contributed by atoms with E-state index in [2.05, 4.69) is 15.5 Å². The number of nitrogens with zero attached hydrogens (tertiary/aromatic N) is 3. The maximum absolute atomic E-state index is 13.8. The minimum atomic E-state index is -4.85. The molecule has 0 bridgehead atoms. The molecule has 0 spiro atoms. The van der Waals surface area contributed by atoms with Gasteiger partial charge in [0.15, 0.2) is 11.5 Å². The molecule has 0 saturated carbocycles. The Bertz CT molecular complexity index is 1050. The lowest BCUT2D eigenvalue weighted by Gasteiger charge is -2.25. The van der Waals surface area contributed by atoms with E-state index in [1.807, 2.05) is 0 Å². The zero-order chi connectivity index (χ0) is 23.7. The fourth-order valence-electron chi connectivity index (χ4n) is 3.49. The van der Waals surface area contributed by atoms with Gasteiger partial charge in [-0.15, -0.1) is 10.2 Å². The molecule has 1 aliphatic heterocycles. The van der Waals surface area contributed by atoms with Gasteiger partial charge in [-0.3, -0.25) is 9.00 Å². The fraction of sp³-hybridized carbons (Fsp3) is 0.450. The summed E-state index contributed by atoms with van der Waals surface area (Å²) in [6, 6.07) is 6.06. The predicted octanol–water partition coefficient (Wildman–Crippen LogP) is 4.42. The fourth-order valence-corrected chi connectivity index (χ4v) is 4.06. The molecular weight excluding hydrogens is 455 g/mol. The highest BCUT2D eigenvalue weighted by molar-refractivity contribution is 7.84. The lowest BCUT2D eigenvalue weighted by atomic mass is 10.1. The van der Waals surface area contributed by atoms with Gasteiger partial charge in [0.05, 0.1) is 5.56 Å². The summed E-state index contributed by atoms with van der Waals surface area (Å²) in [6.45, 7) is 1.01. The third kappa shape index (κ3) is 5.40. The molecule has 32 heavy (non-hydrogen) atoms.